The fraction of sp³-hybridized carbons (Fsp3) is 0.636. The number of piperidine rings is 1. The number of carbonyl (C=O) groups is 2. The molecule has 0 aromatic heterocycles. The van der Waals surface area contributed by atoms with Gasteiger partial charge in [-0.1, -0.05) is 13.0 Å². The van der Waals surface area contributed by atoms with Crippen LogP contribution in [0.5, 0.6) is 0 Å². The van der Waals surface area contributed by atoms with E-state index in [0.717, 1.165) is 9.81 Å². The van der Waals surface area contributed by atoms with Crippen LogP contribution < -0.4 is 5.73 Å². The number of halogens is 2. The highest BCUT2D eigenvalue weighted by atomic mass is 79.9. The van der Waals surface area contributed by atoms with E-state index in [0.29, 0.717) is 19.4 Å². The maximum atomic E-state index is 11.9. The Balaban J connectivity index is 2.68. The van der Waals surface area contributed by atoms with Gasteiger partial charge in [0.1, 0.15) is 6.04 Å². The highest BCUT2D eigenvalue weighted by Crippen LogP contribution is 2.26. The van der Waals surface area contributed by atoms with Gasteiger partial charge in [0.2, 0.25) is 11.8 Å². The Morgan fingerprint density at radius 2 is 2.29 bits per heavy atom. The fourth-order valence-corrected chi connectivity index (χ4v) is 2.85. The van der Waals surface area contributed by atoms with E-state index >= 15 is 0 Å². The molecule has 17 heavy (non-hydrogen) atoms. The number of hydrogen-bond donors (Lipinski definition) is 1. The van der Waals surface area contributed by atoms with E-state index in [2.05, 4.69) is 31.9 Å². The molecule has 0 aliphatic carbocycles. The molecule has 0 bridgehead atoms. The van der Waals surface area contributed by atoms with Crippen molar-refractivity contribution in [2.75, 3.05) is 6.54 Å². The Labute approximate surface area is 118 Å². The fourth-order valence-electron chi connectivity index (χ4n) is 2.10. The molecule has 1 aliphatic heterocycles. The quantitative estimate of drug-likeness (QED) is 0.827. The van der Waals surface area contributed by atoms with Gasteiger partial charge in [0.15, 0.2) is 0 Å². The first-order valence-corrected chi connectivity index (χ1v) is 7.16. The van der Waals surface area contributed by atoms with Gasteiger partial charge in [0.25, 0.3) is 0 Å². The molecular weight excluding hydrogens is 352 g/mol. The van der Waals surface area contributed by atoms with Crippen molar-refractivity contribution in [1.29, 1.82) is 0 Å². The third-order valence-electron chi connectivity index (χ3n) is 2.95. The molecule has 0 aromatic carbocycles. The predicted molar refractivity (Wildman–Crippen MR) is 73.6 cm³/mol. The molecule has 4 nitrogen and oxygen atoms in total. The summed E-state index contributed by atoms with van der Waals surface area (Å²) in [6.07, 6.45) is 3.84. The maximum Gasteiger partial charge on any atom is 0.240 e. The Hall–Kier alpha value is -0.360. The van der Waals surface area contributed by atoms with Gasteiger partial charge < -0.3 is 10.6 Å². The minimum atomic E-state index is -0.458. The van der Waals surface area contributed by atoms with Crippen LogP contribution in [0.4, 0.5) is 0 Å². The lowest BCUT2D eigenvalue weighted by Crippen LogP contribution is -2.50. The largest absolute Gasteiger partial charge is 0.368 e. The molecule has 0 saturated carbocycles. The van der Waals surface area contributed by atoms with Crippen LogP contribution in [0.3, 0.4) is 0 Å². The summed E-state index contributed by atoms with van der Waals surface area (Å²) in [6, 6.07) is -0.458. The van der Waals surface area contributed by atoms with Gasteiger partial charge in [0, 0.05) is 13.0 Å². The summed E-state index contributed by atoms with van der Waals surface area (Å²) in [5, 5.41) is 0. The molecule has 1 heterocycles. The second kappa shape index (κ2) is 6.54. The highest BCUT2D eigenvalue weighted by molar-refractivity contribution is 9.28. The molecule has 6 heteroatoms. The van der Waals surface area contributed by atoms with E-state index in [9.17, 15) is 9.59 Å². The van der Waals surface area contributed by atoms with E-state index in [1.165, 1.54) is 0 Å². The summed E-state index contributed by atoms with van der Waals surface area (Å²) in [5.74, 6) is -0.196. The lowest BCUT2D eigenvalue weighted by atomic mass is 9.95. The van der Waals surface area contributed by atoms with E-state index in [1.807, 2.05) is 13.0 Å². The third kappa shape index (κ3) is 4.10. The molecule has 1 fully saturated rings. The first-order valence-electron chi connectivity index (χ1n) is 5.57. The number of rotatable bonds is 4. The zero-order valence-corrected chi connectivity index (χ0v) is 12.8. The summed E-state index contributed by atoms with van der Waals surface area (Å²) in [4.78, 5) is 24.8. The van der Waals surface area contributed by atoms with Crippen LogP contribution >= 0.6 is 31.9 Å². The van der Waals surface area contributed by atoms with Crippen LogP contribution in [0, 0.1) is 5.92 Å². The normalized spacial score (nSPS) is 22.2. The monoisotopic (exact) mass is 366 g/mol. The molecule has 2 unspecified atom stereocenters. The van der Waals surface area contributed by atoms with Crippen molar-refractivity contribution >= 4 is 43.7 Å². The zero-order valence-electron chi connectivity index (χ0n) is 9.66. The molecule has 0 spiro atoms. The van der Waals surface area contributed by atoms with Gasteiger partial charge in [0.05, 0.1) is 3.39 Å². The minimum absolute atomic E-state index is 0.00407. The second-order valence-corrected chi connectivity index (χ2v) is 6.90. The lowest BCUT2D eigenvalue weighted by Gasteiger charge is -2.34. The van der Waals surface area contributed by atoms with Gasteiger partial charge >= 0.3 is 0 Å². The molecule has 1 rings (SSSR count). The summed E-state index contributed by atoms with van der Waals surface area (Å²) in [6.45, 7) is 2.46. The second-order valence-electron chi connectivity index (χ2n) is 4.12. The molecule has 2 atom stereocenters. The number of nitrogens with two attached hydrogens (primary N) is 1. The van der Waals surface area contributed by atoms with Crippen molar-refractivity contribution in [3.8, 4) is 0 Å². The van der Waals surface area contributed by atoms with Crippen LogP contribution in [0.2, 0.25) is 0 Å². The van der Waals surface area contributed by atoms with Crippen LogP contribution in [0.15, 0.2) is 9.47 Å². The van der Waals surface area contributed by atoms with Crippen molar-refractivity contribution in [2.45, 2.75) is 32.2 Å². The molecule has 1 aliphatic rings. The zero-order chi connectivity index (χ0) is 13.0. The Bertz CT molecular complexity index is 340. The number of carbonyl (C=O) groups excluding carboxylic acids is 2. The van der Waals surface area contributed by atoms with Crippen LogP contribution in [0.1, 0.15) is 26.2 Å². The average molecular weight is 368 g/mol. The van der Waals surface area contributed by atoms with E-state index < -0.39 is 11.9 Å². The summed E-state index contributed by atoms with van der Waals surface area (Å²) >= 11 is 6.58. The van der Waals surface area contributed by atoms with Crippen LogP contribution in [-0.4, -0.2) is 29.3 Å². The smallest absolute Gasteiger partial charge is 0.240 e. The van der Waals surface area contributed by atoms with Gasteiger partial charge in [-0.3, -0.25) is 9.59 Å². The van der Waals surface area contributed by atoms with Crippen LogP contribution in [-0.2, 0) is 9.59 Å². The van der Waals surface area contributed by atoms with Gasteiger partial charge in [-0.25, -0.2) is 0 Å². The predicted octanol–water partition coefficient (Wildman–Crippen LogP) is 2.12. The number of nitrogens with zero attached hydrogens (tertiary/aromatic N) is 1. The Kier molecular flexibility index (Phi) is 5.66. The first-order chi connectivity index (χ1) is 7.95. The van der Waals surface area contributed by atoms with Crippen molar-refractivity contribution in [3.63, 3.8) is 0 Å². The molecule has 1 saturated heterocycles. The number of allylic oxidation sites excluding steroid dienone is 1. The first kappa shape index (κ1) is 14.7. The molecule has 96 valence electrons. The van der Waals surface area contributed by atoms with Crippen LogP contribution in [0.25, 0.3) is 0 Å². The molecular formula is C11H16Br2N2O2. The Morgan fingerprint density at radius 3 is 2.71 bits per heavy atom. The van der Waals surface area contributed by atoms with Crippen molar-refractivity contribution in [1.82, 2.24) is 4.90 Å². The van der Waals surface area contributed by atoms with Gasteiger partial charge in [-0.2, -0.15) is 0 Å². The molecule has 0 aromatic rings. The highest BCUT2D eigenvalue weighted by Gasteiger charge is 2.31. The molecule has 2 N–H and O–H groups in total. The van der Waals surface area contributed by atoms with E-state index in [-0.39, 0.29) is 11.8 Å². The number of likely N-dealkylation sites (tertiary alicyclic amines) is 1. The third-order valence-corrected chi connectivity index (χ3v) is 3.48. The van der Waals surface area contributed by atoms with Gasteiger partial charge in [-0.15, -0.1) is 0 Å². The topological polar surface area (TPSA) is 63.4 Å². The summed E-state index contributed by atoms with van der Waals surface area (Å²) in [5.41, 5.74) is 5.30. The standard InChI is InChI=1S/C11H16Br2N2O2/c1-2-8(11(14)17)15-4-3-7(5-9(12)13)6-10(15)16/h5,7-8H,2-4,6H2,1H3,(H2,14,17). The average Bonchev–Trinajstić information content (AvgIpc) is 2.20. The minimum Gasteiger partial charge on any atom is -0.368 e. The SMILES string of the molecule is CCC(C(N)=O)N1CCC(C=C(Br)Br)CC1=O. The van der Waals surface area contributed by atoms with Crippen molar-refractivity contribution in [3.05, 3.63) is 9.47 Å². The maximum absolute atomic E-state index is 11.9. The Morgan fingerprint density at radius 1 is 1.65 bits per heavy atom. The number of primary amides is 1. The van der Waals surface area contributed by atoms with Crippen molar-refractivity contribution in [2.24, 2.45) is 11.7 Å². The lowest BCUT2D eigenvalue weighted by molar-refractivity contribution is -0.142. The molecule has 2 amide bonds. The number of amides is 2. The van der Waals surface area contributed by atoms with E-state index in [1.54, 1.807) is 4.90 Å². The summed E-state index contributed by atoms with van der Waals surface area (Å²) < 4.78 is 0.859. The van der Waals surface area contributed by atoms with Gasteiger partial charge in [-0.05, 0) is 50.6 Å². The number of hydrogen-bond acceptors (Lipinski definition) is 2. The van der Waals surface area contributed by atoms with Crippen molar-refractivity contribution < 1.29 is 9.59 Å². The summed E-state index contributed by atoms with van der Waals surface area (Å²) in [7, 11) is 0. The molecule has 0 radical (unpaired) electrons. The van der Waals surface area contributed by atoms with E-state index in [4.69, 9.17) is 5.73 Å².